The fraction of sp³-hybridized carbons (Fsp3) is 0.333. The zero-order valence-electron chi connectivity index (χ0n) is 9.77. The molecule has 5 heteroatoms. The molecule has 3 nitrogen and oxygen atoms in total. The third-order valence-electron chi connectivity index (χ3n) is 2.20. The van der Waals surface area contributed by atoms with E-state index < -0.39 is 0 Å². The van der Waals surface area contributed by atoms with Crippen molar-refractivity contribution in [3.05, 3.63) is 35.2 Å². The summed E-state index contributed by atoms with van der Waals surface area (Å²) in [5.41, 5.74) is 0.327. The molecule has 0 radical (unpaired) electrons. The van der Waals surface area contributed by atoms with Crippen LogP contribution in [-0.4, -0.2) is 16.0 Å². The van der Waals surface area contributed by atoms with Crippen molar-refractivity contribution >= 4 is 11.3 Å². The molecule has 0 aromatic carbocycles. The Morgan fingerprint density at radius 2 is 2.24 bits per heavy atom. The molecule has 0 saturated heterocycles. The molecule has 2 heterocycles. The summed E-state index contributed by atoms with van der Waals surface area (Å²) in [6, 6.07) is 3.40. The second-order valence-corrected chi connectivity index (χ2v) is 5.12. The van der Waals surface area contributed by atoms with Gasteiger partial charge in [-0.2, -0.15) is 0 Å². The molecule has 0 aliphatic rings. The van der Waals surface area contributed by atoms with Crippen LogP contribution in [0, 0.1) is 5.82 Å². The van der Waals surface area contributed by atoms with E-state index in [1.54, 1.807) is 18.5 Å². The lowest BCUT2D eigenvalue weighted by Crippen LogP contribution is -2.21. The molecule has 90 valence electrons. The van der Waals surface area contributed by atoms with Gasteiger partial charge in [-0.15, -0.1) is 11.3 Å². The maximum Gasteiger partial charge on any atom is 0.151 e. The first kappa shape index (κ1) is 12.1. The molecule has 1 N–H and O–H groups in total. The van der Waals surface area contributed by atoms with Crippen molar-refractivity contribution in [1.82, 2.24) is 15.3 Å². The smallest absolute Gasteiger partial charge is 0.151 e. The van der Waals surface area contributed by atoms with Crippen LogP contribution < -0.4 is 5.32 Å². The predicted molar refractivity (Wildman–Crippen MR) is 67.3 cm³/mol. The van der Waals surface area contributed by atoms with Gasteiger partial charge in [-0.3, -0.25) is 4.98 Å². The number of nitrogens with one attached hydrogen (secondary N) is 1. The molecule has 0 bridgehead atoms. The quantitative estimate of drug-likeness (QED) is 0.908. The van der Waals surface area contributed by atoms with Gasteiger partial charge in [0.25, 0.3) is 0 Å². The van der Waals surface area contributed by atoms with Crippen LogP contribution >= 0.6 is 11.3 Å². The molecule has 17 heavy (non-hydrogen) atoms. The Labute approximate surface area is 104 Å². The third-order valence-corrected chi connectivity index (χ3v) is 3.20. The summed E-state index contributed by atoms with van der Waals surface area (Å²) in [6.07, 6.45) is 3.34. The Balaban J connectivity index is 2.16. The standard InChI is InChI=1S/C12H14FN3S/c1-8(2)15-6-9-7-16-12(17-9)11-10(13)4-3-5-14-11/h3-5,7-8,15H,6H2,1-2H3. The van der Waals surface area contributed by atoms with Crippen LogP contribution in [0.2, 0.25) is 0 Å². The van der Waals surface area contributed by atoms with E-state index in [4.69, 9.17) is 0 Å². The summed E-state index contributed by atoms with van der Waals surface area (Å²) in [5, 5.41) is 3.93. The molecular weight excluding hydrogens is 237 g/mol. The monoisotopic (exact) mass is 251 g/mol. The molecule has 0 spiro atoms. The predicted octanol–water partition coefficient (Wildman–Crippen LogP) is 2.84. The number of aromatic nitrogens is 2. The van der Waals surface area contributed by atoms with E-state index in [0.29, 0.717) is 16.7 Å². The van der Waals surface area contributed by atoms with Gasteiger partial charge in [-0.25, -0.2) is 9.37 Å². The average molecular weight is 251 g/mol. The first-order valence-electron chi connectivity index (χ1n) is 5.46. The highest BCUT2D eigenvalue weighted by atomic mass is 32.1. The van der Waals surface area contributed by atoms with Crippen LogP contribution in [0.25, 0.3) is 10.7 Å². The Kier molecular flexibility index (Phi) is 3.81. The minimum atomic E-state index is -0.329. The normalized spacial score (nSPS) is 11.1. The molecule has 0 fully saturated rings. The van der Waals surface area contributed by atoms with Gasteiger partial charge >= 0.3 is 0 Å². The van der Waals surface area contributed by atoms with Gasteiger partial charge in [0.2, 0.25) is 0 Å². The lowest BCUT2D eigenvalue weighted by atomic mass is 10.3. The van der Waals surface area contributed by atoms with E-state index in [0.717, 1.165) is 11.4 Å². The van der Waals surface area contributed by atoms with E-state index >= 15 is 0 Å². The van der Waals surface area contributed by atoms with Gasteiger partial charge < -0.3 is 5.32 Å². The number of thiazole rings is 1. The van der Waals surface area contributed by atoms with Crippen molar-refractivity contribution in [3.8, 4) is 10.7 Å². The van der Waals surface area contributed by atoms with Crippen molar-refractivity contribution in [2.45, 2.75) is 26.4 Å². The molecular formula is C12H14FN3S. The maximum atomic E-state index is 13.5. The van der Waals surface area contributed by atoms with Crippen LogP contribution in [0.15, 0.2) is 24.5 Å². The van der Waals surface area contributed by atoms with Gasteiger partial charge in [0.1, 0.15) is 10.7 Å². The zero-order valence-corrected chi connectivity index (χ0v) is 10.6. The molecule has 0 aliphatic carbocycles. The van der Waals surface area contributed by atoms with Crippen LogP contribution in [0.4, 0.5) is 4.39 Å². The molecule has 2 aromatic heterocycles. The summed E-state index contributed by atoms with van der Waals surface area (Å²) in [5.74, 6) is -0.329. The minimum Gasteiger partial charge on any atom is -0.310 e. The Bertz CT molecular complexity index is 496. The summed E-state index contributed by atoms with van der Waals surface area (Å²) >= 11 is 1.47. The Hall–Kier alpha value is -1.33. The molecule has 2 rings (SSSR count). The molecule has 0 unspecified atom stereocenters. The number of pyridine rings is 1. The summed E-state index contributed by atoms with van der Waals surface area (Å²) < 4.78 is 13.5. The van der Waals surface area contributed by atoms with E-state index in [1.165, 1.54) is 17.4 Å². The molecule has 0 atom stereocenters. The topological polar surface area (TPSA) is 37.8 Å². The van der Waals surface area contributed by atoms with Crippen molar-refractivity contribution in [1.29, 1.82) is 0 Å². The first-order chi connectivity index (χ1) is 8.16. The third kappa shape index (κ3) is 3.08. The number of rotatable bonds is 4. The zero-order chi connectivity index (χ0) is 12.3. The van der Waals surface area contributed by atoms with Crippen LogP contribution in [0.1, 0.15) is 18.7 Å². The summed E-state index contributed by atoms with van der Waals surface area (Å²) in [4.78, 5) is 9.29. The van der Waals surface area contributed by atoms with E-state index in [1.807, 2.05) is 0 Å². The van der Waals surface area contributed by atoms with Crippen LogP contribution in [0.3, 0.4) is 0 Å². The van der Waals surface area contributed by atoms with Gasteiger partial charge in [-0.1, -0.05) is 13.8 Å². The maximum absolute atomic E-state index is 13.5. The lowest BCUT2D eigenvalue weighted by Gasteiger charge is -2.04. The lowest BCUT2D eigenvalue weighted by molar-refractivity contribution is 0.593. The fourth-order valence-corrected chi connectivity index (χ4v) is 2.21. The highest BCUT2D eigenvalue weighted by Crippen LogP contribution is 2.25. The summed E-state index contributed by atoms with van der Waals surface area (Å²) in [7, 11) is 0. The van der Waals surface area contributed by atoms with E-state index in [9.17, 15) is 4.39 Å². The van der Waals surface area contributed by atoms with Crippen molar-refractivity contribution in [2.24, 2.45) is 0 Å². The minimum absolute atomic E-state index is 0.327. The fourth-order valence-electron chi connectivity index (χ4n) is 1.35. The number of halogens is 1. The number of hydrogen-bond donors (Lipinski definition) is 1. The van der Waals surface area contributed by atoms with Gasteiger partial charge in [-0.05, 0) is 12.1 Å². The van der Waals surface area contributed by atoms with Crippen molar-refractivity contribution < 1.29 is 4.39 Å². The highest BCUT2D eigenvalue weighted by Gasteiger charge is 2.10. The van der Waals surface area contributed by atoms with E-state index in [-0.39, 0.29) is 5.82 Å². The molecule has 2 aromatic rings. The average Bonchev–Trinajstić information content (AvgIpc) is 2.75. The number of hydrogen-bond acceptors (Lipinski definition) is 4. The van der Waals surface area contributed by atoms with Crippen molar-refractivity contribution in [2.75, 3.05) is 0 Å². The van der Waals surface area contributed by atoms with Gasteiger partial charge in [0, 0.05) is 29.9 Å². The van der Waals surface area contributed by atoms with Crippen LogP contribution in [0.5, 0.6) is 0 Å². The summed E-state index contributed by atoms with van der Waals surface area (Å²) in [6.45, 7) is 4.92. The molecule has 0 saturated carbocycles. The largest absolute Gasteiger partial charge is 0.310 e. The second-order valence-electron chi connectivity index (χ2n) is 4.00. The Morgan fingerprint density at radius 1 is 1.41 bits per heavy atom. The second kappa shape index (κ2) is 5.33. The Morgan fingerprint density at radius 3 is 2.94 bits per heavy atom. The van der Waals surface area contributed by atoms with Crippen molar-refractivity contribution in [3.63, 3.8) is 0 Å². The number of nitrogens with zero attached hydrogens (tertiary/aromatic N) is 2. The highest BCUT2D eigenvalue weighted by molar-refractivity contribution is 7.14. The SMILES string of the molecule is CC(C)NCc1cnc(-c2ncccc2F)s1. The van der Waals surface area contributed by atoms with Gasteiger partial charge in [0.05, 0.1) is 0 Å². The molecule has 0 aliphatic heterocycles. The molecule has 0 amide bonds. The first-order valence-corrected chi connectivity index (χ1v) is 6.27. The van der Waals surface area contributed by atoms with E-state index in [2.05, 4.69) is 29.1 Å². The van der Waals surface area contributed by atoms with Crippen LogP contribution in [-0.2, 0) is 6.54 Å². The van der Waals surface area contributed by atoms with Gasteiger partial charge in [0.15, 0.2) is 5.82 Å².